The Morgan fingerprint density at radius 1 is 0.582 bits per heavy atom. The summed E-state index contributed by atoms with van der Waals surface area (Å²) in [5, 5.41) is 11.8. The number of benzene rings is 6. The average Bonchev–Trinajstić information content (AvgIpc) is 3.96. The van der Waals surface area contributed by atoms with Crippen molar-refractivity contribution in [1.82, 2.24) is 19.1 Å². The molecule has 8 nitrogen and oxygen atoms in total. The quantitative estimate of drug-likeness (QED) is 0.0813. The van der Waals surface area contributed by atoms with Crippen LogP contribution in [0.3, 0.4) is 0 Å². The number of carbonyl (C=O) groups is 1. The number of aryl methyl sites for hydroxylation is 2. The fraction of sp³-hybridized carbons (Fsp3) is 0.145. The molecule has 0 saturated heterocycles. The molecule has 340 valence electrons. The fourth-order valence-electron chi connectivity index (χ4n) is 7.11. The van der Waals surface area contributed by atoms with Crippen molar-refractivity contribution in [2.75, 3.05) is 13.7 Å². The zero-order valence-corrected chi connectivity index (χ0v) is 40.2. The molecule has 0 radical (unpaired) electrons. The van der Waals surface area contributed by atoms with E-state index in [1.807, 2.05) is 91.3 Å². The van der Waals surface area contributed by atoms with Crippen LogP contribution in [0.4, 0.5) is 0 Å². The van der Waals surface area contributed by atoms with Gasteiger partial charge in [0.2, 0.25) is 0 Å². The van der Waals surface area contributed by atoms with Gasteiger partial charge in [-0.2, -0.15) is 0 Å². The summed E-state index contributed by atoms with van der Waals surface area (Å²) in [6, 6.07) is 42.6. The van der Waals surface area contributed by atoms with Crippen LogP contribution >= 0.6 is 46.4 Å². The summed E-state index contributed by atoms with van der Waals surface area (Å²) in [7, 11) is 1.39. The summed E-state index contributed by atoms with van der Waals surface area (Å²) in [6.45, 7) is 6.23. The fourth-order valence-corrected chi connectivity index (χ4v) is 8.12. The number of ether oxygens (including phenoxy) is 2. The third-order valence-corrected chi connectivity index (χ3v) is 11.9. The summed E-state index contributed by atoms with van der Waals surface area (Å²) in [5.74, 6) is 2.54. The highest BCUT2D eigenvalue weighted by molar-refractivity contribution is 6.37. The number of methoxy groups -OCH3 is 1. The van der Waals surface area contributed by atoms with E-state index in [1.165, 1.54) is 7.11 Å². The van der Waals surface area contributed by atoms with Crippen molar-refractivity contribution in [3.63, 3.8) is 0 Å². The number of carbonyl (C=O) groups excluding carboxylic acids is 1. The Balaban J connectivity index is 0.000000203. The highest BCUT2D eigenvalue weighted by Gasteiger charge is 2.13. The Bertz CT molecular complexity index is 2980. The Labute approximate surface area is 411 Å². The van der Waals surface area contributed by atoms with Crippen LogP contribution in [0, 0.1) is 0 Å². The summed E-state index contributed by atoms with van der Waals surface area (Å²) in [4.78, 5) is 20.7. The van der Waals surface area contributed by atoms with Crippen molar-refractivity contribution in [3.8, 4) is 56.3 Å². The Kier molecular flexibility index (Phi) is 16.8. The molecule has 2 heterocycles. The lowest BCUT2D eigenvalue weighted by molar-refractivity contribution is -0.140. The number of hydrogen-bond donors (Lipinski definition) is 1. The zero-order chi connectivity index (χ0) is 47.3. The predicted octanol–water partition coefficient (Wildman–Crippen LogP) is 15.5. The van der Waals surface area contributed by atoms with Gasteiger partial charge < -0.3 is 23.7 Å². The average molecular weight is 971 g/mol. The molecule has 0 atom stereocenters. The van der Waals surface area contributed by atoms with Gasteiger partial charge in [-0.05, 0) is 126 Å². The standard InChI is InChI=1S/C30H28Cl2N2O3.C25H20Cl2N2O/c1-3-34-20-28(26-16-13-24(31)19-27(26)32)33-29(34)17-8-21-6-9-22(10-7-21)23-11-14-25(15-12-23)37-18-4-5-30(35)36-2;1-2-29-16-24(22-13-10-20(26)15-23(22)27)28-25(29)14-5-17-3-6-18(7-4-17)19-8-11-21(30)12-9-19/h6-17,19-20H,3-5,18H2,1-2H3;3-16,30H,2H2,1H3/b17-8+;14-5+. The number of hydrogen-bond acceptors (Lipinski definition) is 6. The molecule has 0 aliphatic heterocycles. The first-order valence-corrected chi connectivity index (χ1v) is 23.2. The second kappa shape index (κ2) is 23.3. The van der Waals surface area contributed by atoms with E-state index in [9.17, 15) is 9.90 Å². The van der Waals surface area contributed by atoms with Crippen LogP contribution in [0.15, 0.2) is 146 Å². The molecule has 0 unspecified atom stereocenters. The summed E-state index contributed by atoms with van der Waals surface area (Å²) in [5.41, 5.74) is 9.88. The van der Waals surface area contributed by atoms with E-state index < -0.39 is 0 Å². The van der Waals surface area contributed by atoms with Crippen molar-refractivity contribution >= 4 is 76.7 Å². The van der Waals surface area contributed by atoms with Gasteiger partial charge in [-0.25, -0.2) is 9.97 Å². The molecule has 1 N–H and O–H groups in total. The molecule has 0 bridgehead atoms. The van der Waals surface area contributed by atoms with Gasteiger partial charge in [0, 0.05) is 53.1 Å². The molecule has 2 aromatic heterocycles. The SMILES string of the molecule is CCn1cc(-c2ccc(Cl)cc2Cl)nc1/C=C/c1ccc(-c2ccc(O)cc2)cc1.CCn1cc(-c2ccc(Cl)cc2Cl)nc1/C=C/c1ccc(-c2ccc(OCCCC(=O)OC)cc2)cc1. The van der Waals surface area contributed by atoms with Gasteiger partial charge in [0.25, 0.3) is 0 Å². The Morgan fingerprint density at radius 2 is 1.00 bits per heavy atom. The van der Waals surface area contributed by atoms with Gasteiger partial charge in [0.15, 0.2) is 0 Å². The minimum absolute atomic E-state index is 0.222. The van der Waals surface area contributed by atoms with Gasteiger partial charge >= 0.3 is 5.97 Å². The van der Waals surface area contributed by atoms with E-state index in [1.54, 1.807) is 24.3 Å². The van der Waals surface area contributed by atoms with Crippen LogP contribution < -0.4 is 4.74 Å². The van der Waals surface area contributed by atoms with Gasteiger partial charge in [-0.1, -0.05) is 131 Å². The monoisotopic (exact) mass is 968 g/mol. The number of nitrogens with zero attached hydrogens (tertiary/aromatic N) is 4. The number of aromatic hydroxyl groups is 1. The third-order valence-electron chi connectivity index (χ3n) is 10.8. The number of imidazole rings is 2. The topological polar surface area (TPSA) is 91.4 Å². The number of phenolic OH excluding ortho intramolecular Hbond substituents is 1. The molecule has 6 aromatic carbocycles. The van der Waals surface area contributed by atoms with E-state index >= 15 is 0 Å². The number of halogens is 4. The van der Waals surface area contributed by atoms with E-state index in [2.05, 4.69) is 82.3 Å². The lowest BCUT2D eigenvalue weighted by atomic mass is 10.0. The molecular formula is C55H48Cl4N4O4. The van der Waals surface area contributed by atoms with E-state index in [-0.39, 0.29) is 11.7 Å². The van der Waals surface area contributed by atoms with Crippen molar-refractivity contribution in [2.24, 2.45) is 0 Å². The molecule has 0 fully saturated rings. The van der Waals surface area contributed by atoms with Crippen molar-refractivity contribution < 1.29 is 19.4 Å². The summed E-state index contributed by atoms with van der Waals surface area (Å²) >= 11 is 24.8. The maximum absolute atomic E-state index is 11.2. The highest BCUT2D eigenvalue weighted by Crippen LogP contribution is 2.32. The zero-order valence-electron chi connectivity index (χ0n) is 37.2. The number of phenols is 1. The lowest BCUT2D eigenvalue weighted by Gasteiger charge is -2.07. The first kappa shape index (κ1) is 48.4. The first-order chi connectivity index (χ1) is 32.5. The van der Waals surface area contributed by atoms with Gasteiger partial charge in [0.05, 0.1) is 35.1 Å². The smallest absolute Gasteiger partial charge is 0.305 e. The molecule has 0 spiro atoms. The lowest BCUT2D eigenvalue weighted by Crippen LogP contribution is -2.04. The summed E-state index contributed by atoms with van der Waals surface area (Å²) in [6.07, 6.45) is 13.1. The second-order valence-electron chi connectivity index (χ2n) is 15.3. The largest absolute Gasteiger partial charge is 0.508 e. The number of rotatable bonds is 15. The van der Waals surface area contributed by atoms with E-state index in [0.717, 1.165) is 86.4 Å². The van der Waals surface area contributed by atoms with Gasteiger partial charge in [0.1, 0.15) is 23.1 Å². The van der Waals surface area contributed by atoms with Crippen LogP contribution in [0.2, 0.25) is 20.1 Å². The third kappa shape index (κ3) is 13.1. The maximum atomic E-state index is 11.2. The molecule has 67 heavy (non-hydrogen) atoms. The van der Waals surface area contributed by atoms with E-state index in [0.29, 0.717) is 39.5 Å². The number of esters is 1. The van der Waals surface area contributed by atoms with Crippen molar-refractivity contribution in [3.05, 3.63) is 189 Å². The Morgan fingerprint density at radius 3 is 1.40 bits per heavy atom. The van der Waals surface area contributed by atoms with Crippen molar-refractivity contribution in [1.29, 1.82) is 0 Å². The van der Waals surface area contributed by atoms with Gasteiger partial charge in [-0.3, -0.25) is 4.79 Å². The Hall–Kier alpha value is -6.55. The molecule has 12 heteroatoms. The van der Waals surface area contributed by atoms with Crippen molar-refractivity contribution in [2.45, 2.75) is 39.8 Å². The van der Waals surface area contributed by atoms with Crippen LogP contribution in [0.25, 0.3) is 69.1 Å². The molecule has 0 aliphatic carbocycles. The van der Waals surface area contributed by atoms with Crippen LogP contribution in [-0.4, -0.2) is 43.9 Å². The second-order valence-corrected chi connectivity index (χ2v) is 17.0. The molecule has 8 rings (SSSR count). The normalized spacial score (nSPS) is 11.2. The minimum Gasteiger partial charge on any atom is -0.508 e. The molecule has 0 saturated carbocycles. The first-order valence-electron chi connectivity index (χ1n) is 21.7. The highest BCUT2D eigenvalue weighted by atomic mass is 35.5. The molecule has 0 aliphatic rings. The predicted molar refractivity (Wildman–Crippen MR) is 277 cm³/mol. The molecule has 0 amide bonds. The summed E-state index contributed by atoms with van der Waals surface area (Å²) < 4.78 is 14.5. The van der Waals surface area contributed by atoms with Crippen LogP contribution in [0.1, 0.15) is 49.5 Å². The molecular weight excluding hydrogens is 922 g/mol. The molecule has 8 aromatic rings. The number of aromatic nitrogens is 4. The van der Waals surface area contributed by atoms with Crippen LogP contribution in [-0.2, 0) is 22.6 Å². The minimum atomic E-state index is -0.222. The van der Waals surface area contributed by atoms with E-state index in [4.69, 9.17) is 61.1 Å². The van der Waals surface area contributed by atoms with Crippen LogP contribution in [0.5, 0.6) is 11.5 Å². The maximum Gasteiger partial charge on any atom is 0.305 e. The van der Waals surface area contributed by atoms with Gasteiger partial charge in [-0.15, -0.1) is 0 Å².